The summed E-state index contributed by atoms with van der Waals surface area (Å²) in [5, 5.41) is 0.499. The molecule has 2 aromatic rings. The Morgan fingerprint density at radius 3 is 2.18 bits per heavy atom. The molecule has 0 bridgehead atoms. The summed E-state index contributed by atoms with van der Waals surface area (Å²) in [6.45, 7) is 3.34. The zero-order chi connectivity index (χ0) is 15.9. The van der Waals surface area contributed by atoms with Gasteiger partial charge in [-0.2, -0.15) is 0 Å². The standard InChI is InChI=1S/C16H13NO5/c1-9-7-8-13(21-9)10(2)16(20)22-17-14(18)11-5-3-4-6-12(11)15(17)19/h3-8,10H,1-2H3. The Kier molecular flexibility index (Phi) is 3.29. The highest BCUT2D eigenvalue weighted by molar-refractivity contribution is 6.20. The van der Waals surface area contributed by atoms with Gasteiger partial charge in [0.15, 0.2) is 0 Å². The van der Waals surface area contributed by atoms with E-state index in [1.165, 1.54) is 12.1 Å². The number of fused-ring (bicyclic) bond motifs is 1. The Labute approximate surface area is 126 Å². The van der Waals surface area contributed by atoms with Gasteiger partial charge in [0.25, 0.3) is 11.8 Å². The third-order valence-corrected chi connectivity index (χ3v) is 3.48. The number of benzene rings is 1. The number of carbonyl (C=O) groups is 3. The number of aryl methyl sites for hydroxylation is 1. The van der Waals surface area contributed by atoms with E-state index < -0.39 is 23.7 Å². The first kappa shape index (κ1) is 14.1. The van der Waals surface area contributed by atoms with Gasteiger partial charge in [-0.25, -0.2) is 4.79 Å². The number of nitrogens with zero attached hydrogens (tertiary/aromatic N) is 1. The number of furan rings is 1. The van der Waals surface area contributed by atoms with E-state index in [9.17, 15) is 14.4 Å². The maximum atomic E-state index is 12.1. The van der Waals surface area contributed by atoms with Crippen LogP contribution in [0.3, 0.4) is 0 Å². The van der Waals surface area contributed by atoms with Gasteiger partial charge in [0.05, 0.1) is 11.1 Å². The molecule has 1 unspecified atom stereocenters. The van der Waals surface area contributed by atoms with Gasteiger partial charge in [-0.1, -0.05) is 17.2 Å². The van der Waals surface area contributed by atoms with Crippen LogP contribution >= 0.6 is 0 Å². The van der Waals surface area contributed by atoms with Crippen molar-refractivity contribution in [2.24, 2.45) is 0 Å². The summed E-state index contributed by atoms with van der Waals surface area (Å²) < 4.78 is 5.36. The molecule has 1 aliphatic heterocycles. The number of imide groups is 1. The van der Waals surface area contributed by atoms with Gasteiger partial charge in [-0.15, -0.1) is 0 Å². The van der Waals surface area contributed by atoms with Crippen LogP contribution in [0, 0.1) is 6.92 Å². The average Bonchev–Trinajstić information content (AvgIpc) is 3.05. The van der Waals surface area contributed by atoms with Crippen molar-refractivity contribution in [2.45, 2.75) is 19.8 Å². The molecule has 1 atom stereocenters. The quantitative estimate of drug-likeness (QED) is 0.814. The molecule has 6 nitrogen and oxygen atoms in total. The molecule has 1 aromatic heterocycles. The maximum absolute atomic E-state index is 12.1. The van der Waals surface area contributed by atoms with E-state index in [0.29, 0.717) is 16.6 Å². The van der Waals surface area contributed by atoms with E-state index in [4.69, 9.17) is 9.25 Å². The first-order chi connectivity index (χ1) is 10.5. The molecule has 2 heterocycles. The predicted octanol–water partition coefficient (Wildman–Crippen LogP) is 2.45. The molecule has 6 heteroatoms. The fourth-order valence-electron chi connectivity index (χ4n) is 2.22. The normalized spacial score (nSPS) is 14.9. The molecule has 0 N–H and O–H groups in total. The molecule has 0 aliphatic carbocycles. The summed E-state index contributed by atoms with van der Waals surface area (Å²) >= 11 is 0. The number of hydroxylamine groups is 2. The first-order valence-electron chi connectivity index (χ1n) is 6.75. The molecular formula is C16H13NO5. The summed E-state index contributed by atoms with van der Waals surface area (Å²) in [4.78, 5) is 41.3. The van der Waals surface area contributed by atoms with Crippen molar-refractivity contribution >= 4 is 17.8 Å². The summed E-state index contributed by atoms with van der Waals surface area (Å²) in [6.07, 6.45) is 0. The van der Waals surface area contributed by atoms with Crippen LogP contribution in [-0.2, 0) is 9.63 Å². The van der Waals surface area contributed by atoms with Crippen LogP contribution in [0.1, 0.15) is 45.1 Å². The molecule has 1 aliphatic rings. The topological polar surface area (TPSA) is 76.8 Å². The highest BCUT2D eigenvalue weighted by Crippen LogP contribution is 2.25. The van der Waals surface area contributed by atoms with Crippen LogP contribution in [0.2, 0.25) is 0 Å². The molecule has 0 spiro atoms. The third kappa shape index (κ3) is 2.18. The third-order valence-electron chi connectivity index (χ3n) is 3.48. The summed E-state index contributed by atoms with van der Waals surface area (Å²) in [5.41, 5.74) is 0.448. The Morgan fingerprint density at radius 2 is 1.68 bits per heavy atom. The largest absolute Gasteiger partial charge is 0.465 e. The second kappa shape index (κ2) is 5.14. The van der Waals surface area contributed by atoms with Crippen LogP contribution in [0.4, 0.5) is 0 Å². The summed E-state index contributed by atoms with van der Waals surface area (Å²) in [5.74, 6) is -1.66. The van der Waals surface area contributed by atoms with Crippen molar-refractivity contribution in [1.29, 1.82) is 0 Å². The highest BCUT2D eigenvalue weighted by atomic mass is 16.7. The van der Waals surface area contributed by atoms with Gasteiger partial charge in [0.1, 0.15) is 17.4 Å². The molecule has 3 rings (SSSR count). The van der Waals surface area contributed by atoms with Crippen LogP contribution in [-0.4, -0.2) is 22.8 Å². The lowest BCUT2D eigenvalue weighted by Gasteiger charge is -2.15. The Morgan fingerprint density at radius 1 is 1.09 bits per heavy atom. The zero-order valence-electron chi connectivity index (χ0n) is 12.0. The lowest BCUT2D eigenvalue weighted by Crippen LogP contribution is -2.34. The molecule has 0 fully saturated rings. The van der Waals surface area contributed by atoms with Gasteiger partial charge in [-0.3, -0.25) is 9.59 Å². The van der Waals surface area contributed by atoms with Gasteiger partial charge in [0.2, 0.25) is 0 Å². The van der Waals surface area contributed by atoms with Crippen molar-refractivity contribution in [3.63, 3.8) is 0 Å². The van der Waals surface area contributed by atoms with Crippen molar-refractivity contribution in [3.05, 3.63) is 59.0 Å². The predicted molar refractivity (Wildman–Crippen MR) is 74.9 cm³/mol. The number of hydrogen-bond acceptors (Lipinski definition) is 5. The average molecular weight is 299 g/mol. The number of rotatable bonds is 3. The highest BCUT2D eigenvalue weighted by Gasteiger charge is 2.39. The second-order valence-electron chi connectivity index (χ2n) is 5.03. The molecule has 1 aromatic carbocycles. The van der Waals surface area contributed by atoms with E-state index in [0.717, 1.165) is 0 Å². The zero-order valence-corrected chi connectivity index (χ0v) is 12.0. The van der Waals surface area contributed by atoms with Gasteiger partial charge >= 0.3 is 5.97 Å². The lowest BCUT2D eigenvalue weighted by atomic mass is 10.1. The van der Waals surface area contributed by atoms with E-state index in [2.05, 4.69) is 0 Å². The smallest absolute Gasteiger partial charge is 0.343 e. The number of carbonyl (C=O) groups excluding carboxylic acids is 3. The maximum Gasteiger partial charge on any atom is 0.343 e. The number of amides is 2. The van der Waals surface area contributed by atoms with Crippen LogP contribution < -0.4 is 0 Å². The Bertz CT molecular complexity index is 741. The van der Waals surface area contributed by atoms with Crippen molar-refractivity contribution in [3.8, 4) is 0 Å². The van der Waals surface area contributed by atoms with Gasteiger partial charge in [0, 0.05) is 0 Å². The summed E-state index contributed by atoms with van der Waals surface area (Å²) in [6, 6.07) is 9.70. The van der Waals surface area contributed by atoms with Crippen molar-refractivity contribution in [1.82, 2.24) is 5.06 Å². The Hall–Kier alpha value is -2.89. The SMILES string of the molecule is Cc1ccc(C(C)C(=O)ON2C(=O)c3ccccc3C2=O)o1. The molecule has 2 amide bonds. The fraction of sp³-hybridized carbons (Fsp3) is 0.188. The molecule has 112 valence electrons. The first-order valence-corrected chi connectivity index (χ1v) is 6.75. The van der Waals surface area contributed by atoms with E-state index in [-0.39, 0.29) is 11.1 Å². The number of hydrogen-bond donors (Lipinski definition) is 0. The lowest BCUT2D eigenvalue weighted by molar-refractivity contribution is -0.170. The monoisotopic (exact) mass is 299 g/mol. The second-order valence-corrected chi connectivity index (χ2v) is 5.03. The van der Waals surface area contributed by atoms with Crippen molar-refractivity contribution in [2.75, 3.05) is 0 Å². The van der Waals surface area contributed by atoms with Gasteiger partial charge in [-0.05, 0) is 38.1 Å². The van der Waals surface area contributed by atoms with Crippen LogP contribution in [0.15, 0.2) is 40.8 Å². The van der Waals surface area contributed by atoms with Crippen LogP contribution in [0.5, 0.6) is 0 Å². The molecular weight excluding hydrogens is 286 g/mol. The fourth-order valence-corrected chi connectivity index (χ4v) is 2.22. The van der Waals surface area contributed by atoms with E-state index >= 15 is 0 Å². The Balaban J connectivity index is 1.78. The minimum absolute atomic E-state index is 0.224. The van der Waals surface area contributed by atoms with Crippen LogP contribution in [0.25, 0.3) is 0 Å². The van der Waals surface area contributed by atoms with E-state index in [1.54, 1.807) is 38.1 Å². The van der Waals surface area contributed by atoms with E-state index in [1.807, 2.05) is 0 Å². The van der Waals surface area contributed by atoms with Crippen molar-refractivity contribution < 1.29 is 23.6 Å². The minimum atomic E-state index is -0.733. The molecule has 0 radical (unpaired) electrons. The summed E-state index contributed by atoms with van der Waals surface area (Å²) in [7, 11) is 0. The minimum Gasteiger partial charge on any atom is -0.465 e. The van der Waals surface area contributed by atoms with Gasteiger partial charge < -0.3 is 9.25 Å². The molecule has 0 saturated heterocycles. The molecule has 22 heavy (non-hydrogen) atoms. The molecule has 0 saturated carbocycles.